The Hall–Kier alpha value is -0.610. The van der Waals surface area contributed by atoms with Crippen LogP contribution < -0.4 is 10.2 Å². The van der Waals surface area contributed by atoms with Gasteiger partial charge in [0.1, 0.15) is 0 Å². The highest BCUT2D eigenvalue weighted by Gasteiger charge is 2.25. The minimum atomic E-state index is 0.508. The molecule has 1 aromatic heterocycles. The first-order chi connectivity index (χ1) is 10.4. The van der Waals surface area contributed by atoms with Gasteiger partial charge in [0.2, 0.25) is 0 Å². The third kappa shape index (κ3) is 3.78. The Bertz CT molecular complexity index is 435. The second-order valence-corrected chi connectivity index (χ2v) is 7.52. The van der Waals surface area contributed by atoms with Crippen LogP contribution in [-0.2, 0) is 6.42 Å². The van der Waals surface area contributed by atoms with E-state index in [1.54, 1.807) is 4.88 Å². The van der Waals surface area contributed by atoms with Crippen LogP contribution in [0.5, 0.6) is 0 Å². The summed E-state index contributed by atoms with van der Waals surface area (Å²) in [6.07, 6.45) is 11.9. The van der Waals surface area contributed by atoms with E-state index in [0.29, 0.717) is 6.04 Å². The van der Waals surface area contributed by atoms with Crippen molar-refractivity contribution < 1.29 is 0 Å². The zero-order valence-electron chi connectivity index (χ0n) is 13.4. The monoisotopic (exact) mass is 307 g/mol. The molecule has 3 rings (SSSR count). The lowest BCUT2D eigenvalue weighted by atomic mass is 9.97. The van der Waals surface area contributed by atoms with E-state index in [1.807, 2.05) is 11.3 Å². The van der Waals surface area contributed by atoms with E-state index in [0.717, 1.165) is 6.54 Å². The lowest BCUT2D eigenvalue weighted by molar-refractivity contribution is 0.454. The Labute approximate surface area is 133 Å². The van der Waals surface area contributed by atoms with Crippen LogP contribution in [-0.4, -0.2) is 24.6 Å². The number of hydrogen-bond acceptors (Lipinski definition) is 4. The molecule has 0 saturated carbocycles. The van der Waals surface area contributed by atoms with Crippen molar-refractivity contribution in [2.24, 2.45) is 0 Å². The molecule has 1 aliphatic carbocycles. The molecule has 1 fully saturated rings. The summed E-state index contributed by atoms with van der Waals surface area (Å²) in [4.78, 5) is 9.17. The molecule has 1 atom stereocenters. The second-order valence-electron chi connectivity index (χ2n) is 6.46. The number of aromatic nitrogens is 1. The molecule has 1 unspecified atom stereocenters. The van der Waals surface area contributed by atoms with Gasteiger partial charge < -0.3 is 10.2 Å². The maximum Gasteiger partial charge on any atom is 0.185 e. The third-order valence-corrected chi connectivity index (χ3v) is 5.90. The minimum Gasteiger partial charge on any atom is -0.348 e. The van der Waals surface area contributed by atoms with Crippen LogP contribution >= 0.6 is 11.3 Å². The van der Waals surface area contributed by atoms with Gasteiger partial charge in [0.15, 0.2) is 5.13 Å². The minimum absolute atomic E-state index is 0.508. The topological polar surface area (TPSA) is 28.2 Å². The van der Waals surface area contributed by atoms with Crippen molar-refractivity contribution in [2.75, 3.05) is 24.5 Å². The number of thiazole rings is 1. The van der Waals surface area contributed by atoms with Crippen molar-refractivity contribution in [1.29, 1.82) is 0 Å². The van der Waals surface area contributed by atoms with E-state index in [1.165, 1.54) is 81.7 Å². The Morgan fingerprint density at radius 2 is 1.90 bits per heavy atom. The van der Waals surface area contributed by atoms with Crippen LogP contribution in [0.4, 0.5) is 5.13 Å². The zero-order chi connectivity index (χ0) is 14.5. The number of rotatable bonds is 4. The number of hydrogen-bond donors (Lipinski definition) is 1. The quantitative estimate of drug-likeness (QED) is 0.899. The van der Waals surface area contributed by atoms with Crippen LogP contribution in [0.2, 0.25) is 0 Å². The molecule has 0 radical (unpaired) electrons. The summed E-state index contributed by atoms with van der Waals surface area (Å²) >= 11 is 1.97. The highest BCUT2D eigenvalue weighted by molar-refractivity contribution is 7.15. The molecule has 0 amide bonds. The van der Waals surface area contributed by atoms with Crippen LogP contribution in [0.15, 0.2) is 0 Å². The second kappa shape index (κ2) is 7.59. The lowest BCUT2D eigenvalue weighted by Gasteiger charge is -2.24. The molecule has 0 spiro atoms. The molecule has 2 heterocycles. The van der Waals surface area contributed by atoms with Crippen molar-refractivity contribution in [3.05, 3.63) is 10.6 Å². The average Bonchev–Trinajstić information content (AvgIpc) is 2.89. The summed E-state index contributed by atoms with van der Waals surface area (Å²) < 4.78 is 0. The number of fused-ring (bicyclic) bond motifs is 1. The summed E-state index contributed by atoms with van der Waals surface area (Å²) in [5.74, 6) is 0. The Kier molecular flexibility index (Phi) is 5.53. The fourth-order valence-electron chi connectivity index (χ4n) is 3.50. The molecule has 1 N–H and O–H groups in total. The number of anilines is 1. The van der Waals surface area contributed by atoms with E-state index in [4.69, 9.17) is 4.98 Å². The van der Waals surface area contributed by atoms with Crippen molar-refractivity contribution in [3.63, 3.8) is 0 Å². The van der Waals surface area contributed by atoms with Gasteiger partial charge in [-0.25, -0.2) is 4.98 Å². The molecule has 3 nitrogen and oxygen atoms in total. The standard InChI is InChI=1S/C17H29N3S/c1-2-11-18-14-9-8-10-15-16(14)19-17(21-15)20-12-6-4-3-5-7-13-20/h14,18H,2-13H2,1H3. The third-order valence-electron chi connectivity index (χ3n) is 4.71. The van der Waals surface area contributed by atoms with Gasteiger partial charge >= 0.3 is 0 Å². The predicted octanol–water partition coefficient (Wildman–Crippen LogP) is 4.29. The molecule has 1 saturated heterocycles. The van der Waals surface area contributed by atoms with Gasteiger partial charge in [0.05, 0.1) is 11.7 Å². The van der Waals surface area contributed by atoms with Gasteiger partial charge in [-0.3, -0.25) is 0 Å². The van der Waals surface area contributed by atoms with Gasteiger partial charge in [0.25, 0.3) is 0 Å². The molecule has 118 valence electrons. The van der Waals surface area contributed by atoms with Gasteiger partial charge in [-0.2, -0.15) is 0 Å². The van der Waals surface area contributed by atoms with Gasteiger partial charge in [-0.15, -0.1) is 11.3 Å². The van der Waals surface area contributed by atoms with Crippen molar-refractivity contribution in [2.45, 2.75) is 70.8 Å². The summed E-state index contributed by atoms with van der Waals surface area (Å²) in [6.45, 7) is 5.77. The van der Waals surface area contributed by atoms with E-state index < -0.39 is 0 Å². The van der Waals surface area contributed by atoms with Crippen LogP contribution in [0.1, 0.15) is 74.9 Å². The molecule has 0 aromatic carbocycles. The highest BCUT2D eigenvalue weighted by Crippen LogP contribution is 2.37. The fourth-order valence-corrected chi connectivity index (χ4v) is 4.71. The summed E-state index contributed by atoms with van der Waals surface area (Å²) in [5.41, 5.74) is 1.37. The molecule has 21 heavy (non-hydrogen) atoms. The Morgan fingerprint density at radius 3 is 2.67 bits per heavy atom. The van der Waals surface area contributed by atoms with Crippen LogP contribution in [0.25, 0.3) is 0 Å². The molecule has 0 bridgehead atoms. The van der Waals surface area contributed by atoms with E-state index in [2.05, 4.69) is 17.1 Å². The fraction of sp³-hybridized carbons (Fsp3) is 0.824. The Morgan fingerprint density at radius 1 is 1.14 bits per heavy atom. The molecular weight excluding hydrogens is 278 g/mol. The smallest absolute Gasteiger partial charge is 0.185 e. The van der Waals surface area contributed by atoms with E-state index in [9.17, 15) is 0 Å². The van der Waals surface area contributed by atoms with E-state index in [-0.39, 0.29) is 0 Å². The number of nitrogens with zero attached hydrogens (tertiary/aromatic N) is 2. The first-order valence-corrected chi connectivity index (χ1v) is 9.68. The summed E-state index contributed by atoms with van der Waals surface area (Å²) in [7, 11) is 0. The number of nitrogens with one attached hydrogen (secondary N) is 1. The summed E-state index contributed by atoms with van der Waals surface area (Å²) in [5, 5.41) is 4.99. The normalized spacial score (nSPS) is 23.5. The molecule has 4 heteroatoms. The first kappa shape index (κ1) is 15.3. The van der Waals surface area contributed by atoms with Gasteiger partial charge in [-0.05, 0) is 45.1 Å². The van der Waals surface area contributed by atoms with Crippen LogP contribution in [0, 0.1) is 0 Å². The van der Waals surface area contributed by atoms with Gasteiger partial charge in [-0.1, -0.05) is 26.2 Å². The SMILES string of the molecule is CCCNC1CCCc2sc(N3CCCCCCC3)nc21. The maximum atomic E-state index is 5.06. The molecular formula is C17H29N3S. The predicted molar refractivity (Wildman–Crippen MR) is 91.4 cm³/mol. The van der Waals surface area contributed by atoms with Crippen LogP contribution in [0.3, 0.4) is 0 Å². The Balaban J connectivity index is 1.73. The average molecular weight is 308 g/mol. The zero-order valence-corrected chi connectivity index (χ0v) is 14.2. The van der Waals surface area contributed by atoms with Crippen molar-refractivity contribution >= 4 is 16.5 Å². The molecule has 2 aliphatic rings. The van der Waals surface area contributed by atoms with E-state index >= 15 is 0 Å². The number of aryl methyl sites for hydroxylation is 1. The largest absolute Gasteiger partial charge is 0.348 e. The van der Waals surface area contributed by atoms with Gasteiger partial charge in [0, 0.05) is 18.0 Å². The molecule has 1 aliphatic heterocycles. The highest BCUT2D eigenvalue weighted by atomic mass is 32.1. The maximum absolute atomic E-state index is 5.06. The lowest BCUT2D eigenvalue weighted by Crippen LogP contribution is -2.28. The summed E-state index contributed by atoms with van der Waals surface area (Å²) in [6, 6.07) is 0.508. The molecule has 1 aromatic rings. The first-order valence-electron chi connectivity index (χ1n) is 8.86. The van der Waals surface area contributed by atoms with Crippen molar-refractivity contribution in [1.82, 2.24) is 10.3 Å². The van der Waals surface area contributed by atoms with Crippen molar-refractivity contribution in [3.8, 4) is 0 Å².